The fourth-order valence-electron chi connectivity index (χ4n) is 4.21. The molecule has 2 heterocycles. The van der Waals surface area contributed by atoms with E-state index < -0.39 is 17.6 Å². The molecule has 1 aromatic heterocycles. The van der Waals surface area contributed by atoms with E-state index in [9.17, 15) is 14.4 Å². The topological polar surface area (TPSA) is 93.6 Å². The predicted octanol–water partition coefficient (Wildman–Crippen LogP) is 2.78. The summed E-state index contributed by atoms with van der Waals surface area (Å²) in [5.74, 6) is -0.717. The highest BCUT2D eigenvalue weighted by Crippen LogP contribution is 2.25. The Hall–Kier alpha value is -3.41. The average Bonchev–Trinajstić information content (AvgIpc) is 2.72. The van der Waals surface area contributed by atoms with Gasteiger partial charge in [-0.3, -0.25) is 9.59 Å². The third-order valence-electron chi connectivity index (χ3n) is 5.93. The van der Waals surface area contributed by atoms with E-state index in [2.05, 4.69) is 0 Å². The van der Waals surface area contributed by atoms with Gasteiger partial charge in [0.2, 0.25) is 11.8 Å². The molecule has 2 N–H and O–H groups in total. The Morgan fingerprint density at radius 3 is 2.60 bits per heavy atom. The van der Waals surface area contributed by atoms with Crippen molar-refractivity contribution in [2.45, 2.75) is 45.7 Å². The molecule has 1 atom stereocenters. The molecule has 3 aromatic rings. The molecule has 1 aliphatic rings. The van der Waals surface area contributed by atoms with Gasteiger partial charge in [-0.05, 0) is 48.6 Å². The van der Waals surface area contributed by atoms with Crippen molar-refractivity contribution in [3.8, 4) is 0 Å². The number of nitrogens with zero attached hydrogens (tertiary/aromatic N) is 1. The number of carbonyl (C=O) groups is 2. The van der Waals surface area contributed by atoms with Crippen LogP contribution in [0, 0.1) is 13.8 Å². The zero-order chi connectivity index (χ0) is 21.4. The number of rotatable bonds is 4. The molecule has 0 saturated carbocycles. The lowest BCUT2D eigenvalue weighted by Gasteiger charge is -2.35. The Kier molecular flexibility index (Phi) is 5.16. The fourth-order valence-corrected chi connectivity index (χ4v) is 4.21. The van der Waals surface area contributed by atoms with Gasteiger partial charge in [-0.15, -0.1) is 0 Å². The normalized spacial score (nSPS) is 15.8. The number of fused-ring (bicyclic) bond motifs is 2. The zero-order valence-electron chi connectivity index (χ0n) is 17.1. The first-order valence-electron chi connectivity index (χ1n) is 10.0. The van der Waals surface area contributed by atoms with Gasteiger partial charge in [0.1, 0.15) is 11.6 Å². The van der Waals surface area contributed by atoms with Gasteiger partial charge in [-0.2, -0.15) is 0 Å². The maximum atomic E-state index is 13.0. The Morgan fingerprint density at radius 2 is 1.87 bits per heavy atom. The van der Waals surface area contributed by atoms with Gasteiger partial charge in [0.25, 0.3) is 0 Å². The second-order valence-corrected chi connectivity index (χ2v) is 7.91. The summed E-state index contributed by atoms with van der Waals surface area (Å²) in [6.45, 7) is 4.15. The number of hydrogen-bond donors (Lipinski definition) is 1. The molecule has 0 saturated heterocycles. The Morgan fingerprint density at radius 1 is 1.13 bits per heavy atom. The van der Waals surface area contributed by atoms with E-state index in [0.717, 1.165) is 27.6 Å². The van der Waals surface area contributed by atoms with Crippen molar-refractivity contribution in [3.63, 3.8) is 0 Å². The Labute approximate surface area is 174 Å². The number of hydrogen-bond acceptors (Lipinski definition) is 4. The molecule has 1 unspecified atom stereocenters. The minimum Gasteiger partial charge on any atom is -0.423 e. The van der Waals surface area contributed by atoms with Crippen LogP contribution < -0.4 is 11.4 Å². The first-order chi connectivity index (χ1) is 14.3. The summed E-state index contributed by atoms with van der Waals surface area (Å²) in [5, 5.41) is 0.865. The van der Waals surface area contributed by atoms with Crippen molar-refractivity contribution in [1.82, 2.24) is 4.90 Å². The van der Waals surface area contributed by atoms with E-state index in [1.807, 2.05) is 56.3 Å². The van der Waals surface area contributed by atoms with Gasteiger partial charge in [-0.1, -0.05) is 36.4 Å². The van der Waals surface area contributed by atoms with E-state index in [1.165, 1.54) is 4.90 Å². The third kappa shape index (κ3) is 3.61. The lowest BCUT2D eigenvalue weighted by atomic mass is 9.93. The van der Waals surface area contributed by atoms with Crippen LogP contribution in [0.3, 0.4) is 0 Å². The van der Waals surface area contributed by atoms with Crippen molar-refractivity contribution in [2.24, 2.45) is 5.73 Å². The lowest BCUT2D eigenvalue weighted by molar-refractivity contribution is -0.140. The number of primary amides is 1. The van der Waals surface area contributed by atoms with Crippen LogP contribution in [0.4, 0.5) is 0 Å². The smallest absolute Gasteiger partial charge is 0.339 e. The molecule has 154 valence electrons. The molecule has 0 aliphatic carbocycles. The average molecular weight is 404 g/mol. The van der Waals surface area contributed by atoms with Crippen molar-refractivity contribution in [2.75, 3.05) is 0 Å². The van der Waals surface area contributed by atoms with Crippen molar-refractivity contribution < 1.29 is 14.0 Å². The van der Waals surface area contributed by atoms with E-state index in [4.69, 9.17) is 10.2 Å². The van der Waals surface area contributed by atoms with Crippen LogP contribution in [-0.2, 0) is 29.0 Å². The second-order valence-electron chi connectivity index (χ2n) is 7.91. The first kappa shape index (κ1) is 19.9. The highest BCUT2D eigenvalue weighted by Gasteiger charge is 2.33. The predicted molar refractivity (Wildman–Crippen MR) is 114 cm³/mol. The molecule has 6 nitrogen and oxygen atoms in total. The van der Waals surface area contributed by atoms with E-state index in [1.54, 1.807) is 0 Å². The van der Waals surface area contributed by atoms with E-state index >= 15 is 0 Å². The summed E-state index contributed by atoms with van der Waals surface area (Å²) in [7, 11) is 0. The third-order valence-corrected chi connectivity index (χ3v) is 5.93. The largest absolute Gasteiger partial charge is 0.423 e. The zero-order valence-corrected chi connectivity index (χ0v) is 17.1. The van der Waals surface area contributed by atoms with E-state index in [0.29, 0.717) is 24.1 Å². The SMILES string of the molecule is Cc1ccc2c(C)c(CCC(=O)N3Cc4ccccc4CC3C(N)=O)c(=O)oc2c1. The molecule has 0 fully saturated rings. The summed E-state index contributed by atoms with van der Waals surface area (Å²) in [4.78, 5) is 39.1. The number of amides is 2. The van der Waals surface area contributed by atoms with Gasteiger partial charge in [0.15, 0.2) is 0 Å². The molecule has 1 aliphatic heterocycles. The monoisotopic (exact) mass is 404 g/mol. The fraction of sp³-hybridized carbons (Fsp3) is 0.292. The van der Waals surface area contributed by atoms with Crippen LogP contribution in [0.15, 0.2) is 51.7 Å². The van der Waals surface area contributed by atoms with Crippen molar-refractivity contribution in [1.29, 1.82) is 0 Å². The van der Waals surface area contributed by atoms with Gasteiger partial charge >= 0.3 is 5.63 Å². The minimum absolute atomic E-state index is 0.106. The minimum atomic E-state index is -0.676. The number of carbonyl (C=O) groups excluding carboxylic acids is 2. The summed E-state index contributed by atoms with van der Waals surface area (Å²) in [5.41, 5.74) is 10.1. The highest BCUT2D eigenvalue weighted by atomic mass is 16.4. The molecule has 0 bridgehead atoms. The second kappa shape index (κ2) is 7.78. The Balaban J connectivity index is 1.58. The molecule has 6 heteroatoms. The van der Waals surface area contributed by atoms with Crippen LogP contribution >= 0.6 is 0 Å². The van der Waals surface area contributed by atoms with Gasteiger partial charge in [0.05, 0.1) is 0 Å². The van der Waals surface area contributed by atoms with Crippen molar-refractivity contribution in [3.05, 3.63) is 80.7 Å². The standard InChI is InChI=1S/C24H24N2O4/c1-14-7-8-18-15(2)19(24(29)30-21(18)11-14)9-10-22(27)26-13-17-6-4-3-5-16(17)12-20(26)23(25)28/h3-8,11,20H,9-10,12-13H2,1-2H3,(H2,25,28). The van der Waals surface area contributed by atoms with Crippen LogP contribution in [0.5, 0.6) is 0 Å². The number of aryl methyl sites for hydroxylation is 2. The summed E-state index contributed by atoms with van der Waals surface area (Å²) in [6, 6.07) is 12.8. The van der Waals surface area contributed by atoms with Crippen LogP contribution in [0.25, 0.3) is 11.0 Å². The molecule has 4 rings (SSSR count). The molecule has 0 radical (unpaired) electrons. The maximum Gasteiger partial charge on any atom is 0.339 e. The van der Waals surface area contributed by atoms with Crippen LogP contribution in [-0.4, -0.2) is 22.8 Å². The number of benzene rings is 2. The Bertz CT molecular complexity index is 1210. The molecular formula is C24H24N2O4. The van der Waals surface area contributed by atoms with Crippen molar-refractivity contribution >= 4 is 22.8 Å². The molecular weight excluding hydrogens is 380 g/mol. The van der Waals surface area contributed by atoms with Crippen LogP contribution in [0.1, 0.15) is 34.2 Å². The van der Waals surface area contributed by atoms with Crippen LogP contribution in [0.2, 0.25) is 0 Å². The quantitative estimate of drug-likeness (QED) is 0.677. The molecule has 0 spiro atoms. The highest BCUT2D eigenvalue weighted by molar-refractivity contribution is 5.88. The molecule has 2 aromatic carbocycles. The first-order valence-corrected chi connectivity index (χ1v) is 10.0. The summed E-state index contributed by atoms with van der Waals surface area (Å²) >= 11 is 0. The van der Waals surface area contributed by atoms with Gasteiger partial charge in [-0.25, -0.2) is 4.79 Å². The lowest BCUT2D eigenvalue weighted by Crippen LogP contribution is -2.51. The maximum absolute atomic E-state index is 13.0. The molecule has 30 heavy (non-hydrogen) atoms. The molecule has 2 amide bonds. The van der Waals surface area contributed by atoms with Gasteiger partial charge < -0.3 is 15.1 Å². The van der Waals surface area contributed by atoms with E-state index in [-0.39, 0.29) is 18.7 Å². The van der Waals surface area contributed by atoms with Gasteiger partial charge in [0, 0.05) is 30.3 Å². The number of nitrogens with two attached hydrogens (primary N) is 1. The summed E-state index contributed by atoms with van der Waals surface area (Å²) in [6.07, 6.45) is 0.767. The summed E-state index contributed by atoms with van der Waals surface area (Å²) < 4.78 is 5.48.